The lowest BCUT2D eigenvalue weighted by atomic mass is 10.3. The Morgan fingerprint density at radius 1 is 1.04 bits per heavy atom. The summed E-state index contributed by atoms with van der Waals surface area (Å²) in [5, 5.41) is 4.79. The first-order valence-electron chi connectivity index (χ1n) is 7.12. The fourth-order valence-electron chi connectivity index (χ4n) is 2.03. The summed E-state index contributed by atoms with van der Waals surface area (Å²) in [4.78, 5) is 15.1. The van der Waals surface area contributed by atoms with E-state index in [9.17, 15) is 4.79 Å². The van der Waals surface area contributed by atoms with E-state index in [1.54, 1.807) is 18.9 Å². The number of hydrogen-bond acceptors (Lipinski definition) is 4. The molecule has 0 atom stereocenters. The smallest absolute Gasteiger partial charge is 0.266 e. The number of anilines is 1. The lowest BCUT2D eigenvalue weighted by molar-refractivity contribution is 0.103. The molecule has 6 heteroatoms. The van der Waals surface area contributed by atoms with Crippen LogP contribution in [0.3, 0.4) is 0 Å². The normalized spacial score (nSPS) is 10.4. The summed E-state index contributed by atoms with van der Waals surface area (Å²) in [6, 6.07) is 17.6. The van der Waals surface area contributed by atoms with Gasteiger partial charge in [-0.1, -0.05) is 11.8 Å². The monoisotopic (exact) mass is 419 g/mol. The minimum Gasteiger partial charge on any atom is -0.497 e. The van der Waals surface area contributed by atoms with Gasteiger partial charge in [-0.05, 0) is 75.9 Å². The van der Waals surface area contributed by atoms with Crippen LogP contribution in [-0.2, 0) is 0 Å². The molecule has 0 saturated carbocycles. The van der Waals surface area contributed by atoms with E-state index in [2.05, 4.69) is 21.2 Å². The van der Waals surface area contributed by atoms with Gasteiger partial charge in [-0.15, -0.1) is 11.3 Å². The molecule has 1 N–H and O–H groups in total. The highest BCUT2D eigenvalue weighted by atomic mass is 79.9. The Balaban J connectivity index is 1.64. The van der Waals surface area contributed by atoms with Gasteiger partial charge in [-0.3, -0.25) is 4.79 Å². The Kier molecular flexibility index (Phi) is 5.60. The minimum atomic E-state index is -0.104. The molecule has 1 aromatic heterocycles. The molecule has 0 unspecified atom stereocenters. The van der Waals surface area contributed by atoms with Gasteiger partial charge in [0.1, 0.15) is 10.6 Å². The summed E-state index contributed by atoms with van der Waals surface area (Å²) in [7, 11) is 1.66. The van der Waals surface area contributed by atoms with Gasteiger partial charge >= 0.3 is 0 Å². The zero-order valence-electron chi connectivity index (χ0n) is 12.8. The number of carbonyl (C=O) groups is 1. The van der Waals surface area contributed by atoms with Crippen molar-refractivity contribution in [2.75, 3.05) is 12.4 Å². The average molecular weight is 420 g/mol. The first kappa shape index (κ1) is 17.1. The third kappa shape index (κ3) is 4.20. The van der Waals surface area contributed by atoms with Crippen molar-refractivity contribution in [2.45, 2.75) is 9.79 Å². The Labute approximate surface area is 157 Å². The van der Waals surface area contributed by atoms with Gasteiger partial charge in [0, 0.05) is 20.0 Å². The molecule has 1 heterocycles. The molecule has 0 spiro atoms. The van der Waals surface area contributed by atoms with E-state index in [1.807, 2.05) is 60.0 Å². The van der Waals surface area contributed by atoms with Gasteiger partial charge < -0.3 is 10.1 Å². The Bertz CT molecular complexity index is 829. The van der Waals surface area contributed by atoms with Crippen LogP contribution in [0.1, 0.15) is 9.67 Å². The number of thiophene rings is 1. The van der Waals surface area contributed by atoms with Gasteiger partial charge in [0.15, 0.2) is 0 Å². The summed E-state index contributed by atoms with van der Waals surface area (Å²) < 4.78 is 5.98. The predicted molar refractivity (Wildman–Crippen MR) is 104 cm³/mol. The highest BCUT2D eigenvalue weighted by Gasteiger charge is 2.11. The Morgan fingerprint density at radius 2 is 1.67 bits per heavy atom. The largest absolute Gasteiger partial charge is 0.497 e. The molecular weight excluding hydrogens is 406 g/mol. The summed E-state index contributed by atoms with van der Waals surface area (Å²) in [6.45, 7) is 0. The first-order valence-corrected chi connectivity index (χ1v) is 9.61. The first-order chi connectivity index (χ1) is 11.7. The van der Waals surface area contributed by atoms with E-state index in [0.29, 0.717) is 4.88 Å². The molecule has 1 amide bonds. The molecule has 3 nitrogen and oxygen atoms in total. The number of halogens is 1. The molecule has 0 fully saturated rings. The van der Waals surface area contributed by atoms with Crippen LogP contribution < -0.4 is 10.1 Å². The van der Waals surface area contributed by atoms with Crippen molar-refractivity contribution < 1.29 is 9.53 Å². The second-order valence-corrected chi connectivity index (χ2v) is 7.77. The SMILES string of the molecule is COc1ccc(Sc2ccc(NC(=O)c3sccc3Br)cc2)cc1. The highest BCUT2D eigenvalue weighted by Crippen LogP contribution is 2.30. The lowest BCUT2D eigenvalue weighted by Crippen LogP contribution is -2.10. The predicted octanol–water partition coefficient (Wildman–Crippen LogP) is 5.92. The van der Waals surface area contributed by atoms with E-state index < -0.39 is 0 Å². The van der Waals surface area contributed by atoms with Crippen molar-refractivity contribution in [1.82, 2.24) is 0 Å². The maximum absolute atomic E-state index is 12.2. The second-order valence-electron chi connectivity index (χ2n) is 4.85. The summed E-state index contributed by atoms with van der Waals surface area (Å²) in [5.41, 5.74) is 0.777. The number of benzene rings is 2. The maximum atomic E-state index is 12.2. The third-order valence-corrected chi connectivity index (χ3v) is 6.08. The van der Waals surface area contributed by atoms with Crippen molar-refractivity contribution in [3.05, 3.63) is 69.3 Å². The van der Waals surface area contributed by atoms with Crippen LogP contribution in [0.2, 0.25) is 0 Å². The number of rotatable bonds is 5. The van der Waals surface area contributed by atoms with E-state index in [-0.39, 0.29) is 5.91 Å². The molecule has 24 heavy (non-hydrogen) atoms. The van der Waals surface area contributed by atoms with E-state index >= 15 is 0 Å². The quantitative estimate of drug-likeness (QED) is 0.557. The van der Waals surface area contributed by atoms with Crippen LogP contribution in [0.4, 0.5) is 5.69 Å². The highest BCUT2D eigenvalue weighted by molar-refractivity contribution is 9.10. The summed E-state index contributed by atoms with van der Waals surface area (Å²) >= 11 is 6.45. The molecule has 3 rings (SSSR count). The van der Waals surface area contributed by atoms with Crippen LogP contribution in [0, 0.1) is 0 Å². The van der Waals surface area contributed by atoms with Crippen molar-refractivity contribution in [3.63, 3.8) is 0 Å². The fraction of sp³-hybridized carbons (Fsp3) is 0.0556. The zero-order chi connectivity index (χ0) is 16.9. The maximum Gasteiger partial charge on any atom is 0.266 e. The van der Waals surface area contributed by atoms with Gasteiger partial charge in [0.05, 0.1) is 7.11 Å². The molecular formula is C18H14BrNO2S2. The molecule has 2 aromatic carbocycles. The van der Waals surface area contributed by atoms with Crippen LogP contribution >= 0.6 is 39.0 Å². The number of ether oxygens (including phenoxy) is 1. The number of methoxy groups -OCH3 is 1. The van der Waals surface area contributed by atoms with E-state index in [4.69, 9.17) is 4.74 Å². The minimum absolute atomic E-state index is 0.104. The third-order valence-electron chi connectivity index (χ3n) is 3.23. The van der Waals surface area contributed by atoms with Crippen LogP contribution in [0.15, 0.2) is 74.2 Å². The van der Waals surface area contributed by atoms with Crippen molar-refractivity contribution >= 4 is 50.6 Å². The molecule has 0 bridgehead atoms. The van der Waals surface area contributed by atoms with Crippen LogP contribution in [-0.4, -0.2) is 13.0 Å². The number of amides is 1. The molecule has 0 aliphatic heterocycles. The van der Waals surface area contributed by atoms with Gasteiger partial charge in [-0.25, -0.2) is 0 Å². The summed E-state index contributed by atoms with van der Waals surface area (Å²) in [5.74, 6) is 0.740. The number of nitrogens with one attached hydrogen (secondary N) is 1. The molecule has 0 aliphatic rings. The summed E-state index contributed by atoms with van der Waals surface area (Å²) in [6.07, 6.45) is 0. The number of carbonyl (C=O) groups excluding carboxylic acids is 1. The van der Waals surface area contributed by atoms with Gasteiger partial charge in [0.2, 0.25) is 0 Å². The molecule has 3 aromatic rings. The lowest BCUT2D eigenvalue weighted by Gasteiger charge is -2.07. The van der Waals surface area contributed by atoms with Crippen molar-refractivity contribution in [1.29, 1.82) is 0 Å². The zero-order valence-corrected chi connectivity index (χ0v) is 16.0. The van der Waals surface area contributed by atoms with E-state index in [0.717, 1.165) is 25.7 Å². The Hall–Kier alpha value is -1.76. The standard InChI is InChI=1S/C18H14BrNO2S2/c1-22-13-4-8-15(9-5-13)24-14-6-2-12(3-7-14)20-18(21)17-16(19)10-11-23-17/h2-11H,1H3,(H,20,21). The average Bonchev–Trinajstić information content (AvgIpc) is 3.03. The van der Waals surface area contributed by atoms with Gasteiger partial charge in [0.25, 0.3) is 5.91 Å². The van der Waals surface area contributed by atoms with Gasteiger partial charge in [-0.2, -0.15) is 0 Å². The number of hydrogen-bond donors (Lipinski definition) is 1. The van der Waals surface area contributed by atoms with Crippen molar-refractivity contribution in [3.8, 4) is 5.75 Å². The molecule has 0 aliphatic carbocycles. The Morgan fingerprint density at radius 3 is 2.21 bits per heavy atom. The molecule has 0 saturated heterocycles. The molecule has 0 radical (unpaired) electrons. The van der Waals surface area contributed by atoms with E-state index in [1.165, 1.54) is 11.3 Å². The van der Waals surface area contributed by atoms with Crippen LogP contribution in [0.25, 0.3) is 0 Å². The van der Waals surface area contributed by atoms with Crippen LogP contribution in [0.5, 0.6) is 5.75 Å². The molecule has 122 valence electrons. The van der Waals surface area contributed by atoms with Crippen molar-refractivity contribution in [2.24, 2.45) is 0 Å². The second kappa shape index (κ2) is 7.88. The topological polar surface area (TPSA) is 38.3 Å². The fourth-order valence-corrected chi connectivity index (χ4v) is 4.29.